The number of nitrogens with one attached hydrogen (secondary N) is 3. The average Bonchev–Trinajstić information content (AvgIpc) is 3.26. The van der Waals surface area contributed by atoms with E-state index in [9.17, 15) is 8.42 Å². The van der Waals surface area contributed by atoms with Crippen LogP contribution in [-0.2, 0) is 10.0 Å². The molecule has 0 atom stereocenters. The molecule has 9 nitrogen and oxygen atoms in total. The summed E-state index contributed by atoms with van der Waals surface area (Å²) in [6.45, 7) is 6.48. The first-order chi connectivity index (χ1) is 13.9. The fraction of sp³-hybridized carbons (Fsp3) is 0.263. The number of anilines is 2. The molecule has 151 valence electrons. The standard InChI is InChI=1S/C19H23N7O2S/c1-4-20-29(27,28)16-7-5-6-15(9-16)25-11-18-21-14(3)10-26(18)19(12-25)22-17-8-13(2)23-24-17/h5-10,12,20H,4,11H2,1-3H3,(H2,22,23,24)/q+1. The lowest BCUT2D eigenvalue weighted by molar-refractivity contribution is 0.584. The molecule has 2 aliphatic heterocycles. The van der Waals surface area contributed by atoms with E-state index >= 15 is 0 Å². The molecule has 29 heavy (non-hydrogen) atoms. The Morgan fingerprint density at radius 2 is 2.10 bits per heavy atom. The molecule has 0 saturated heterocycles. The summed E-state index contributed by atoms with van der Waals surface area (Å²) in [6, 6.07) is 8.78. The molecule has 2 aromatic rings. The maximum atomic E-state index is 12.4. The predicted molar refractivity (Wildman–Crippen MR) is 113 cm³/mol. The molecule has 2 aliphatic rings. The number of nitrogens with zero attached hydrogens (tertiary/aromatic N) is 4. The highest BCUT2D eigenvalue weighted by atomic mass is 32.2. The Balaban J connectivity index is 1.70. The average molecular weight is 414 g/mol. The van der Waals surface area contributed by atoms with Crippen molar-refractivity contribution in [1.82, 2.24) is 19.8 Å². The van der Waals surface area contributed by atoms with Crippen LogP contribution in [0.15, 0.2) is 64.1 Å². The molecule has 1 aromatic heterocycles. The fourth-order valence-electron chi connectivity index (χ4n) is 3.25. The molecule has 0 aliphatic carbocycles. The van der Waals surface area contributed by atoms with Crippen molar-refractivity contribution in [2.24, 2.45) is 4.99 Å². The van der Waals surface area contributed by atoms with E-state index < -0.39 is 10.0 Å². The van der Waals surface area contributed by atoms with E-state index in [1.54, 1.807) is 25.1 Å². The molecule has 0 fully saturated rings. The summed E-state index contributed by atoms with van der Waals surface area (Å²) < 4.78 is 27.3. The number of rotatable bonds is 6. The van der Waals surface area contributed by atoms with Crippen LogP contribution in [0.3, 0.4) is 0 Å². The van der Waals surface area contributed by atoms with Gasteiger partial charge in [-0.1, -0.05) is 13.0 Å². The van der Waals surface area contributed by atoms with Gasteiger partial charge in [0.2, 0.25) is 10.0 Å². The number of aromatic amines is 1. The van der Waals surface area contributed by atoms with Crippen LogP contribution in [-0.4, -0.2) is 37.5 Å². The number of allylic oxidation sites excluding steroid dienone is 1. The smallest absolute Gasteiger partial charge is 0.284 e. The maximum Gasteiger partial charge on any atom is 0.284 e. The second kappa shape index (κ2) is 7.47. The van der Waals surface area contributed by atoms with Gasteiger partial charge in [-0.2, -0.15) is 10.1 Å². The van der Waals surface area contributed by atoms with Crippen molar-refractivity contribution in [2.75, 3.05) is 23.3 Å². The van der Waals surface area contributed by atoms with Crippen LogP contribution in [0.1, 0.15) is 19.5 Å². The van der Waals surface area contributed by atoms with Crippen molar-refractivity contribution in [3.8, 4) is 0 Å². The van der Waals surface area contributed by atoms with Gasteiger partial charge in [-0.25, -0.2) is 13.1 Å². The van der Waals surface area contributed by atoms with Gasteiger partial charge in [0.15, 0.2) is 12.0 Å². The quantitative estimate of drug-likeness (QED) is 0.629. The van der Waals surface area contributed by atoms with Gasteiger partial charge in [0.05, 0.1) is 11.1 Å². The third-order valence-electron chi connectivity index (χ3n) is 4.50. The highest BCUT2D eigenvalue weighted by Crippen LogP contribution is 2.27. The molecule has 0 saturated carbocycles. The summed E-state index contributed by atoms with van der Waals surface area (Å²) in [5, 5.41) is 10.5. The van der Waals surface area contributed by atoms with Crippen LogP contribution >= 0.6 is 0 Å². The second-order valence-electron chi connectivity index (χ2n) is 6.87. The SMILES string of the molecule is CCNS(=O)(=O)c1cccc(N2C=C(Nc3cc(C)[nH]n3)[N+]3C=C(C)N=C3C2)c1. The van der Waals surface area contributed by atoms with Crippen molar-refractivity contribution in [2.45, 2.75) is 25.7 Å². The Kier molecular flexibility index (Phi) is 4.99. The van der Waals surface area contributed by atoms with E-state index in [0.717, 1.165) is 28.7 Å². The summed E-state index contributed by atoms with van der Waals surface area (Å²) >= 11 is 0. The first kappa shape index (κ1) is 19.4. The van der Waals surface area contributed by atoms with Crippen LogP contribution in [0.4, 0.5) is 11.5 Å². The Morgan fingerprint density at radius 1 is 1.28 bits per heavy atom. The Morgan fingerprint density at radius 3 is 2.83 bits per heavy atom. The lowest BCUT2D eigenvalue weighted by Crippen LogP contribution is -2.45. The van der Waals surface area contributed by atoms with Gasteiger partial charge in [0.1, 0.15) is 12.2 Å². The second-order valence-corrected chi connectivity index (χ2v) is 8.64. The zero-order valence-corrected chi connectivity index (χ0v) is 17.3. The lowest BCUT2D eigenvalue weighted by atomic mass is 10.2. The number of sulfonamides is 1. The van der Waals surface area contributed by atoms with Gasteiger partial charge in [-0.3, -0.25) is 10.4 Å². The van der Waals surface area contributed by atoms with E-state index in [4.69, 9.17) is 0 Å². The van der Waals surface area contributed by atoms with Crippen molar-refractivity contribution >= 4 is 27.4 Å². The minimum Gasteiger partial charge on any atom is -0.329 e. The molecule has 10 heteroatoms. The molecule has 0 amide bonds. The number of amidine groups is 1. The van der Waals surface area contributed by atoms with Crippen molar-refractivity contribution in [3.63, 3.8) is 0 Å². The van der Waals surface area contributed by atoms with E-state index in [0.29, 0.717) is 18.9 Å². The molecule has 1 aromatic carbocycles. The van der Waals surface area contributed by atoms with Crippen molar-refractivity contribution in [3.05, 3.63) is 59.9 Å². The molecule has 3 heterocycles. The predicted octanol–water partition coefficient (Wildman–Crippen LogP) is 2.16. The number of hydrogen-bond acceptors (Lipinski definition) is 7. The van der Waals surface area contributed by atoms with Crippen molar-refractivity contribution in [1.29, 1.82) is 0 Å². The number of aliphatic imine (C=N–C) groups is 1. The third-order valence-corrected chi connectivity index (χ3v) is 6.05. The monoisotopic (exact) mass is 413 g/mol. The number of aryl methyl sites for hydroxylation is 1. The summed E-state index contributed by atoms with van der Waals surface area (Å²) in [5.74, 6) is 2.31. The first-order valence-corrected chi connectivity index (χ1v) is 10.8. The molecule has 4 rings (SSSR count). The lowest BCUT2D eigenvalue weighted by Gasteiger charge is -2.25. The minimum absolute atomic E-state index is 0.229. The van der Waals surface area contributed by atoms with Crippen LogP contribution in [0.25, 0.3) is 0 Å². The molecular weight excluding hydrogens is 390 g/mol. The van der Waals surface area contributed by atoms with Crippen molar-refractivity contribution < 1.29 is 8.42 Å². The molecule has 3 N–H and O–H groups in total. The molecule has 0 spiro atoms. The van der Waals surface area contributed by atoms with Gasteiger partial charge in [-0.05, 0) is 36.9 Å². The van der Waals surface area contributed by atoms with E-state index in [2.05, 4.69) is 25.2 Å². The van der Waals surface area contributed by atoms with E-state index in [1.165, 1.54) is 0 Å². The Labute approximate surface area is 169 Å². The van der Waals surface area contributed by atoms with E-state index in [1.807, 2.05) is 48.2 Å². The summed E-state index contributed by atoms with van der Waals surface area (Å²) in [6.07, 6.45) is 3.88. The third kappa shape index (κ3) is 3.95. The van der Waals surface area contributed by atoms with Gasteiger partial charge in [0, 0.05) is 24.0 Å². The molecule has 0 bridgehead atoms. The molecular formula is C19H23N7O2S+. The highest BCUT2D eigenvalue weighted by molar-refractivity contribution is 7.89. The van der Waals surface area contributed by atoms with Gasteiger partial charge < -0.3 is 4.90 Å². The molecule has 0 unspecified atom stereocenters. The zero-order chi connectivity index (χ0) is 20.6. The number of fused-ring (bicyclic) bond motifs is 1. The largest absolute Gasteiger partial charge is 0.329 e. The topological polar surface area (TPSA) is 108 Å². The Bertz CT molecular complexity index is 1130. The number of benzene rings is 1. The number of aromatic nitrogens is 2. The number of H-pyrrole nitrogens is 1. The van der Waals surface area contributed by atoms with Crippen LogP contribution in [0, 0.1) is 6.92 Å². The minimum atomic E-state index is -3.54. The fourth-order valence-corrected chi connectivity index (χ4v) is 4.33. The van der Waals surface area contributed by atoms with Crippen LogP contribution < -0.4 is 19.8 Å². The molecule has 1 radical (unpaired) electrons. The van der Waals surface area contributed by atoms with Crippen LogP contribution in [0.5, 0.6) is 0 Å². The van der Waals surface area contributed by atoms with Gasteiger partial charge in [-0.15, -0.1) is 0 Å². The normalized spacial score (nSPS) is 16.9. The zero-order valence-electron chi connectivity index (χ0n) is 16.5. The summed E-state index contributed by atoms with van der Waals surface area (Å²) in [4.78, 5) is 8.78. The maximum absolute atomic E-state index is 12.4. The van der Waals surface area contributed by atoms with Gasteiger partial charge >= 0.3 is 0 Å². The first-order valence-electron chi connectivity index (χ1n) is 9.28. The number of hydrogen-bond donors (Lipinski definition) is 3. The Hall–Kier alpha value is -2.95. The highest BCUT2D eigenvalue weighted by Gasteiger charge is 2.39. The summed E-state index contributed by atoms with van der Waals surface area (Å²) in [7, 11) is -3.54. The van der Waals surface area contributed by atoms with E-state index in [-0.39, 0.29) is 4.90 Å². The van der Waals surface area contributed by atoms with Gasteiger partial charge in [0.25, 0.3) is 11.7 Å². The van der Waals surface area contributed by atoms with Crippen LogP contribution in [0.2, 0.25) is 0 Å². The summed E-state index contributed by atoms with van der Waals surface area (Å²) in [5.41, 5.74) is 2.61.